The van der Waals surface area contributed by atoms with Crippen LogP contribution >= 0.6 is 15.9 Å². The van der Waals surface area contributed by atoms with Gasteiger partial charge in [0.15, 0.2) is 17.6 Å². The van der Waals surface area contributed by atoms with E-state index in [4.69, 9.17) is 9.15 Å². The maximum Gasteiger partial charge on any atom is 0.177 e. The van der Waals surface area contributed by atoms with Crippen molar-refractivity contribution in [2.24, 2.45) is 0 Å². The lowest BCUT2D eigenvalue weighted by Gasteiger charge is -2.03. The van der Waals surface area contributed by atoms with Gasteiger partial charge in [0, 0.05) is 15.4 Å². The van der Waals surface area contributed by atoms with E-state index < -0.39 is 0 Å². The number of furan rings is 1. The van der Waals surface area contributed by atoms with E-state index in [1.165, 1.54) is 0 Å². The minimum atomic E-state index is 0.556. The minimum Gasteiger partial charge on any atom is -0.493 e. The fourth-order valence-electron chi connectivity index (χ4n) is 1.52. The Labute approximate surface area is 95.1 Å². The molecule has 15 heavy (non-hydrogen) atoms. The fraction of sp³-hybridized carbons (Fsp3) is 0.182. The van der Waals surface area contributed by atoms with E-state index in [1.54, 1.807) is 13.2 Å². The zero-order chi connectivity index (χ0) is 11.0. The van der Waals surface area contributed by atoms with Gasteiger partial charge in [-0.15, -0.1) is 0 Å². The van der Waals surface area contributed by atoms with Crippen LogP contribution in [-0.4, -0.2) is 13.4 Å². The summed E-state index contributed by atoms with van der Waals surface area (Å²) in [5.74, 6) is 1.36. The predicted octanol–water partition coefficient (Wildman–Crippen LogP) is 3.32. The third kappa shape index (κ3) is 1.55. The quantitative estimate of drug-likeness (QED) is 0.785. The Hall–Kier alpha value is -1.29. The molecule has 0 saturated carbocycles. The van der Waals surface area contributed by atoms with Crippen LogP contribution in [0.4, 0.5) is 0 Å². The number of aryl methyl sites for hydroxylation is 1. The molecule has 1 aromatic carbocycles. The molecule has 2 aromatic rings. The number of ether oxygens (including phenoxy) is 1. The first-order chi connectivity index (χ1) is 7.17. The maximum absolute atomic E-state index is 10.8. The summed E-state index contributed by atoms with van der Waals surface area (Å²) >= 11 is 3.37. The van der Waals surface area contributed by atoms with Gasteiger partial charge in [-0.25, -0.2) is 0 Å². The highest BCUT2D eigenvalue weighted by atomic mass is 79.9. The van der Waals surface area contributed by atoms with Crippen molar-refractivity contribution in [1.82, 2.24) is 0 Å². The lowest BCUT2D eigenvalue weighted by molar-refractivity contribution is 0.112. The number of halogens is 1. The minimum absolute atomic E-state index is 0.556. The highest BCUT2D eigenvalue weighted by Gasteiger charge is 2.14. The molecule has 0 fully saturated rings. The van der Waals surface area contributed by atoms with Gasteiger partial charge in [0.25, 0.3) is 0 Å². The van der Waals surface area contributed by atoms with Crippen LogP contribution < -0.4 is 4.74 Å². The summed E-state index contributed by atoms with van der Waals surface area (Å²) in [6.07, 6.45) is 0.786. The van der Waals surface area contributed by atoms with Crippen molar-refractivity contribution in [3.05, 3.63) is 27.9 Å². The molecule has 0 radical (unpaired) electrons. The summed E-state index contributed by atoms with van der Waals surface area (Å²) < 4.78 is 11.4. The van der Waals surface area contributed by atoms with Crippen molar-refractivity contribution in [1.29, 1.82) is 0 Å². The van der Waals surface area contributed by atoms with Crippen LogP contribution in [0.3, 0.4) is 0 Å². The van der Waals surface area contributed by atoms with Crippen LogP contribution in [-0.2, 0) is 0 Å². The van der Waals surface area contributed by atoms with Crippen LogP contribution in [0.1, 0.15) is 16.1 Å². The van der Waals surface area contributed by atoms with Crippen molar-refractivity contribution in [3.8, 4) is 5.75 Å². The average molecular weight is 269 g/mol. The summed E-state index contributed by atoms with van der Waals surface area (Å²) in [7, 11) is 1.55. The number of hydrogen-bond donors (Lipinski definition) is 0. The van der Waals surface area contributed by atoms with Gasteiger partial charge in [0.1, 0.15) is 5.76 Å². The first kappa shape index (κ1) is 10.2. The summed E-state index contributed by atoms with van der Waals surface area (Å²) in [4.78, 5) is 10.8. The molecule has 1 heterocycles. The van der Waals surface area contributed by atoms with Crippen LogP contribution in [0.15, 0.2) is 21.0 Å². The molecule has 0 atom stereocenters. The molecular formula is C11H9BrO3. The summed E-state index contributed by atoms with van der Waals surface area (Å²) in [6.45, 7) is 1.85. The van der Waals surface area contributed by atoms with Gasteiger partial charge in [-0.05, 0) is 35.0 Å². The molecule has 4 heteroatoms. The normalized spacial score (nSPS) is 10.6. The van der Waals surface area contributed by atoms with Crippen LogP contribution in [0, 0.1) is 6.92 Å². The summed E-state index contributed by atoms with van der Waals surface area (Å²) in [5, 5.41) is 0.856. The molecule has 0 amide bonds. The summed E-state index contributed by atoms with van der Waals surface area (Å²) in [5.41, 5.74) is 1.22. The lowest BCUT2D eigenvalue weighted by Crippen LogP contribution is -1.88. The lowest BCUT2D eigenvalue weighted by atomic mass is 10.1. The Bertz CT molecular complexity index is 528. The van der Waals surface area contributed by atoms with E-state index in [0.29, 0.717) is 16.9 Å². The van der Waals surface area contributed by atoms with E-state index in [0.717, 1.165) is 21.9 Å². The van der Waals surface area contributed by atoms with Crippen molar-refractivity contribution in [3.63, 3.8) is 0 Å². The molecule has 78 valence electrons. The number of hydrogen-bond acceptors (Lipinski definition) is 3. The standard InChI is InChI=1S/C11H9BrO3/c1-6-3-8-10(12)7(5-13)4-9(14-2)11(8)15-6/h3-5H,1-2H3. The van der Waals surface area contributed by atoms with Gasteiger partial charge in [-0.1, -0.05) is 0 Å². The fourth-order valence-corrected chi connectivity index (χ4v) is 2.03. The van der Waals surface area contributed by atoms with Gasteiger partial charge in [-0.3, -0.25) is 4.79 Å². The second-order valence-electron chi connectivity index (χ2n) is 3.20. The van der Waals surface area contributed by atoms with Gasteiger partial charge in [0.05, 0.1) is 7.11 Å². The largest absolute Gasteiger partial charge is 0.493 e. The average Bonchev–Trinajstić information content (AvgIpc) is 2.61. The molecule has 0 N–H and O–H groups in total. The molecule has 0 spiro atoms. The Morgan fingerprint density at radius 1 is 1.47 bits per heavy atom. The first-order valence-electron chi connectivity index (χ1n) is 4.39. The Morgan fingerprint density at radius 2 is 2.20 bits per heavy atom. The maximum atomic E-state index is 10.8. The van der Waals surface area contributed by atoms with Crippen molar-refractivity contribution < 1.29 is 13.9 Å². The number of carbonyl (C=O) groups is 1. The van der Waals surface area contributed by atoms with Crippen LogP contribution in [0.5, 0.6) is 5.75 Å². The molecular weight excluding hydrogens is 260 g/mol. The highest BCUT2D eigenvalue weighted by molar-refractivity contribution is 9.10. The number of fused-ring (bicyclic) bond motifs is 1. The third-order valence-corrected chi connectivity index (χ3v) is 3.09. The van der Waals surface area contributed by atoms with Crippen LogP contribution in [0.25, 0.3) is 11.0 Å². The number of methoxy groups -OCH3 is 1. The van der Waals surface area contributed by atoms with Gasteiger partial charge >= 0.3 is 0 Å². The van der Waals surface area contributed by atoms with Gasteiger partial charge in [-0.2, -0.15) is 0 Å². The molecule has 2 rings (SSSR count). The van der Waals surface area contributed by atoms with Gasteiger partial charge in [0.2, 0.25) is 0 Å². The zero-order valence-corrected chi connectivity index (χ0v) is 9.92. The number of rotatable bonds is 2. The first-order valence-corrected chi connectivity index (χ1v) is 5.18. The van der Waals surface area contributed by atoms with Crippen LogP contribution in [0.2, 0.25) is 0 Å². The molecule has 0 aliphatic rings. The topological polar surface area (TPSA) is 39.4 Å². The highest BCUT2D eigenvalue weighted by Crippen LogP contribution is 2.36. The SMILES string of the molecule is COc1cc(C=O)c(Br)c2cc(C)oc12. The second kappa shape index (κ2) is 3.70. The van der Waals surface area contributed by atoms with E-state index in [9.17, 15) is 4.79 Å². The molecule has 0 bridgehead atoms. The van der Waals surface area contributed by atoms with Crippen molar-refractivity contribution >= 4 is 33.2 Å². The van der Waals surface area contributed by atoms with E-state index >= 15 is 0 Å². The number of carbonyl (C=O) groups excluding carboxylic acids is 1. The second-order valence-corrected chi connectivity index (χ2v) is 3.99. The molecule has 0 saturated heterocycles. The number of benzene rings is 1. The molecule has 0 aliphatic carbocycles. The number of aldehydes is 1. The molecule has 1 aromatic heterocycles. The predicted molar refractivity (Wildman–Crippen MR) is 60.6 cm³/mol. The molecule has 0 aliphatic heterocycles. The Kier molecular flexibility index (Phi) is 2.52. The van der Waals surface area contributed by atoms with E-state index in [1.807, 2.05) is 13.0 Å². The van der Waals surface area contributed by atoms with E-state index in [2.05, 4.69) is 15.9 Å². The third-order valence-electron chi connectivity index (χ3n) is 2.20. The van der Waals surface area contributed by atoms with E-state index in [-0.39, 0.29) is 0 Å². The summed E-state index contributed by atoms with van der Waals surface area (Å²) in [6, 6.07) is 3.53. The molecule has 3 nitrogen and oxygen atoms in total. The zero-order valence-electron chi connectivity index (χ0n) is 8.33. The van der Waals surface area contributed by atoms with Gasteiger partial charge < -0.3 is 9.15 Å². The Morgan fingerprint density at radius 3 is 2.80 bits per heavy atom. The smallest absolute Gasteiger partial charge is 0.177 e. The Balaban J connectivity index is 2.88. The molecule has 0 unspecified atom stereocenters. The van der Waals surface area contributed by atoms with Crippen molar-refractivity contribution in [2.75, 3.05) is 7.11 Å². The van der Waals surface area contributed by atoms with Crippen molar-refractivity contribution in [2.45, 2.75) is 6.92 Å². The monoisotopic (exact) mass is 268 g/mol.